The molecule has 150 valence electrons. The van der Waals surface area contributed by atoms with E-state index in [1.807, 2.05) is 31.9 Å². The summed E-state index contributed by atoms with van der Waals surface area (Å²) in [6, 6.07) is 8.50. The van der Waals surface area contributed by atoms with Gasteiger partial charge in [0.05, 0.1) is 36.8 Å². The number of carbonyl (C=O) groups excluding carboxylic acids is 1. The summed E-state index contributed by atoms with van der Waals surface area (Å²) in [5.41, 5.74) is 1.44. The van der Waals surface area contributed by atoms with Crippen LogP contribution < -0.4 is 4.74 Å². The lowest BCUT2D eigenvalue weighted by Gasteiger charge is -2.12. The van der Waals surface area contributed by atoms with Crippen LogP contribution >= 0.6 is 15.9 Å². The van der Waals surface area contributed by atoms with Crippen LogP contribution in [0.15, 0.2) is 49.1 Å². The maximum absolute atomic E-state index is 12.6. The number of aliphatic imine (C=N–C) groups is 1. The van der Waals surface area contributed by atoms with Gasteiger partial charge >= 0.3 is 0 Å². The lowest BCUT2D eigenvalue weighted by molar-refractivity contribution is -0.115. The fourth-order valence-corrected chi connectivity index (χ4v) is 3.83. The number of pyridine rings is 1. The predicted octanol–water partition coefficient (Wildman–Crippen LogP) is 4.56. The largest absolute Gasteiger partial charge is 0.438 e. The molecule has 1 aromatic heterocycles. The molecule has 7 nitrogen and oxygen atoms in total. The fraction of sp³-hybridized carbons (Fsp3) is 0.316. The SMILES string of the molecule is CCN(C)/C=N/c1cc(Br)c(Oc2cccc(S(C)(=O)=NC(C)=O)c2)nc1C. The number of aryl methyl sites for hydroxylation is 1. The molecule has 0 spiro atoms. The first-order valence-corrected chi connectivity index (χ1v) is 11.3. The molecule has 1 heterocycles. The normalized spacial score (nSPS) is 13.2. The van der Waals surface area contributed by atoms with Crippen LogP contribution in [-0.4, -0.2) is 46.2 Å². The second-order valence-electron chi connectivity index (χ2n) is 6.19. The summed E-state index contributed by atoms with van der Waals surface area (Å²) in [4.78, 5) is 22.5. The van der Waals surface area contributed by atoms with Crippen molar-refractivity contribution >= 4 is 43.6 Å². The first-order chi connectivity index (χ1) is 13.1. The monoisotopic (exact) mass is 466 g/mol. The van der Waals surface area contributed by atoms with Crippen LogP contribution in [0, 0.1) is 6.92 Å². The Kier molecular flexibility index (Phi) is 7.31. The molecule has 0 aliphatic heterocycles. The number of halogens is 1. The third-order valence-corrected chi connectivity index (χ3v) is 6.06. The number of hydrogen-bond acceptors (Lipinski definition) is 5. The van der Waals surface area contributed by atoms with Gasteiger partial charge in [-0.2, -0.15) is 4.36 Å². The van der Waals surface area contributed by atoms with Gasteiger partial charge in [-0.15, -0.1) is 0 Å². The van der Waals surface area contributed by atoms with E-state index in [0.717, 1.165) is 12.2 Å². The highest BCUT2D eigenvalue weighted by Gasteiger charge is 2.12. The van der Waals surface area contributed by atoms with Crippen molar-refractivity contribution in [3.63, 3.8) is 0 Å². The van der Waals surface area contributed by atoms with Crippen molar-refractivity contribution in [1.82, 2.24) is 9.88 Å². The number of amides is 1. The molecule has 2 aromatic rings. The summed E-state index contributed by atoms with van der Waals surface area (Å²) >= 11 is 3.46. The van der Waals surface area contributed by atoms with E-state index in [9.17, 15) is 9.00 Å². The van der Waals surface area contributed by atoms with Crippen LogP contribution in [0.4, 0.5) is 5.69 Å². The van der Waals surface area contributed by atoms with Crippen molar-refractivity contribution in [3.05, 3.63) is 40.5 Å². The topological polar surface area (TPSA) is 84.2 Å². The standard InChI is InChI=1S/C19H23BrN4O3S/c1-6-24(4)12-21-18-11-17(20)19(22-13(18)2)27-15-8-7-9-16(10-15)28(5,26)23-14(3)25/h7-12H,6H2,1-5H3/b21-12+. The van der Waals surface area contributed by atoms with E-state index in [1.54, 1.807) is 30.6 Å². The molecule has 0 aliphatic carbocycles. The molecule has 1 unspecified atom stereocenters. The third-order valence-electron chi connectivity index (χ3n) is 3.76. The van der Waals surface area contributed by atoms with E-state index in [2.05, 4.69) is 30.3 Å². The molecule has 0 N–H and O–H groups in total. The zero-order valence-electron chi connectivity index (χ0n) is 16.5. The van der Waals surface area contributed by atoms with Gasteiger partial charge in [0.15, 0.2) is 0 Å². The Balaban J connectivity index is 2.33. The van der Waals surface area contributed by atoms with Crippen LogP contribution in [0.3, 0.4) is 0 Å². The summed E-state index contributed by atoms with van der Waals surface area (Å²) < 4.78 is 22.8. The summed E-state index contributed by atoms with van der Waals surface area (Å²) in [5.74, 6) is 0.327. The molecular formula is C19H23BrN4O3S. The van der Waals surface area contributed by atoms with Crippen LogP contribution in [0.1, 0.15) is 19.5 Å². The first kappa shape index (κ1) is 22.0. The second-order valence-corrected chi connectivity index (χ2v) is 9.30. The van der Waals surface area contributed by atoms with E-state index in [0.29, 0.717) is 26.7 Å². The Labute approximate surface area is 174 Å². The highest BCUT2D eigenvalue weighted by atomic mass is 79.9. The van der Waals surface area contributed by atoms with Crippen molar-refractivity contribution in [2.24, 2.45) is 9.36 Å². The quantitative estimate of drug-likeness (QED) is 0.460. The molecule has 0 saturated heterocycles. The fourth-order valence-electron chi connectivity index (χ4n) is 2.18. The van der Waals surface area contributed by atoms with Crippen molar-refractivity contribution in [1.29, 1.82) is 0 Å². The van der Waals surface area contributed by atoms with Crippen molar-refractivity contribution in [2.45, 2.75) is 25.7 Å². The molecular weight excluding hydrogens is 444 g/mol. The maximum Gasteiger partial charge on any atom is 0.250 e. The lowest BCUT2D eigenvalue weighted by atomic mass is 10.3. The average Bonchev–Trinajstić information content (AvgIpc) is 2.62. The Hall–Kier alpha value is -2.26. The zero-order valence-corrected chi connectivity index (χ0v) is 18.9. The van der Waals surface area contributed by atoms with E-state index in [-0.39, 0.29) is 0 Å². The minimum atomic E-state index is -2.83. The highest BCUT2D eigenvalue weighted by molar-refractivity contribution is 9.10. The molecule has 9 heteroatoms. The Morgan fingerprint density at radius 1 is 1.39 bits per heavy atom. The minimum absolute atomic E-state index is 0.364. The van der Waals surface area contributed by atoms with Gasteiger partial charge in [-0.05, 0) is 54.0 Å². The van der Waals surface area contributed by atoms with Crippen LogP contribution in [-0.2, 0) is 14.5 Å². The molecule has 1 amide bonds. The summed E-state index contributed by atoms with van der Waals surface area (Å²) in [6.45, 7) is 6.01. The lowest BCUT2D eigenvalue weighted by Crippen LogP contribution is -2.14. The van der Waals surface area contributed by atoms with Crippen LogP contribution in [0.2, 0.25) is 0 Å². The van der Waals surface area contributed by atoms with Gasteiger partial charge in [-0.3, -0.25) is 4.79 Å². The van der Waals surface area contributed by atoms with Gasteiger partial charge in [-0.25, -0.2) is 14.2 Å². The Morgan fingerprint density at radius 2 is 2.11 bits per heavy atom. The van der Waals surface area contributed by atoms with Crippen molar-refractivity contribution in [2.75, 3.05) is 19.8 Å². The number of hydrogen-bond donors (Lipinski definition) is 0. The van der Waals surface area contributed by atoms with Gasteiger partial charge in [-0.1, -0.05) is 6.07 Å². The Morgan fingerprint density at radius 3 is 2.75 bits per heavy atom. The van der Waals surface area contributed by atoms with E-state index < -0.39 is 15.6 Å². The molecule has 0 aliphatic rings. The van der Waals surface area contributed by atoms with Gasteiger partial charge in [0.25, 0.3) is 5.91 Å². The molecule has 0 fully saturated rings. The van der Waals surface area contributed by atoms with Crippen molar-refractivity contribution in [3.8, 4) is 11.6 Å². The van der Waals surface area contributed by atoms with E-state index in [4.69, 9.17) is 4.74 Å². The highest BCUT2D eigenvalue weighted by Crippen LogP contribution is 2.33. The summed E-state index contributed by atoms with van der Waals surface area (Å²) in [5, 5.41) is 0. The summed E-state index contributed by atoms with van der Waals surface area (Å²) in [6.07, 6.45) is 3.17. The average molecular weight is 467 g/mol. The Bertz CT molecular complexity index is 1030. The molecule has 28 heavy (non-hydrogen) atoms. The van der Waals surface area contributed by atoms with E-state index in [1.165, 1.54) is 13.2 Å². The number of ether oxygens (including phenoxy) is 1. The van der Waals surface area contributed by atoms with Crippen molar-refractivity contribution < 1.29 is 13.7 Å². The molecule has 2 rings (SSSR count). The van der Waals surface area contributed by atoms with Gasteiger partial charge in [0.1, 0.15) is 5.75 Å². The molecule has 0 saturated carbocycles. The second kappa shape index (κ2) is 9.29. The van der Waals surface area contributed by atoms with E-state index >= 15 is 0 Å². The number of aromatic nitrogens is 1. The summed E-state index contributed by atoms with van der Waals surface area (Å²) in [7, 11) is -0.887. The van der Waals surface area contributed by atoms with Gasteiger partial charge in [0.2, 0.25) is 5.88 Å². The van der Waals surface area contributed by atoms with Gasteiger partial charge < -0.3 is 9.64 Å². The maximum atomic E-state index is 12.6. The smallest absolute Gasteiger partial charge is 0.250 e. The molecule has 1 atom stereocenters. The molecule has 0 radical (unpaired) electrons. The number of benzene rings is 1. The first-order valence-electron chi connectivity index (χ1n) is 8.54. The molecule has 0 bridgehead atoms. The number of carbonyl (C=O) groups is 1. The predicted molar refractivity (Wildman–Crippen MR) is 115 cm³/mol. The van der Waals surface area contributed by atoms with Crippen LogP contribution in [0.25, 0.3) is 0 Å². The van der Waals surface area contributed by atoms with Crippen LogP contribution in [0.5, 0.6) is 11.6 Å². The molecule has 1 aromatic carbocycles. The third kappa shape index (κ3) is 5.87. The number of rotatable bonds is 6. The zero-order chi connectivity index (χ0) is 20.9. The number of nitrogens with zero attached hydrogens (tertiary/aromatic N) is 4. The van der Waals surface area contributed by atoms with Gasteiger partial charge in [0, 0.05) is 26.8 Å². The minimum Gasteiger partial charge on any atom is -0.438 e.